The van der Waals surface area contributed by atoms with Crippen LogP contribution in [0, 0.1) is 5.82 Å². The van der Waals surface area contributed by atoms with Crippen LogP contribution in [0.25, 0.3) is 0 Å². The third-order valence-electron chi connectivity index (χ3n) is 5.33. The number of nitrogens with one attached hydrogen (secondary N) is 1. The van der Waals surface area contributed by atoms with Crippen LogP contribution < -0.4 is 14.8 Å². The zero-order chi connectivity index (χ0) is 25.6. The van der Waals surface area contributed by atoms with Gasteiger partial charge in [0.25, 0.3) is 0 Å². The van der Waals surface area contributed by atoms with Crippen molar-refractivity contribution in [2.45, 2.75) is 24.4 Å². The van der Waals surface area contributed by atoms with Gasteiger partial charge in [-0.3, -0.25) is 4.79 Å². The molecule has 0 bridgehead atoms. The molecule has 7 nitrogen and oxygen atoms in total. The van der Waals surface area contributed by atoms with Crippen LogP contribution in [0.3, 0.4) is 0 Å². The van der Waals surface area contributed by atoms with E-state index in [1.54, 1.807) is 25.1 Å². The number of carbonyl (C=O) groups excluding carboxylic acids is 1. The molecule has 0 aliphatic heterocycles. The quantitative estimate of drug-likeness (QED) is 0.423. The average Bonchev–Trinajstić information content (AvgIpc) is 2.84. The summed E-state index contributed by atoms with van der Waals surface area (Å²) in [5.74, 6) is 0.109. The molecule has 3 rings (SSSR count). The second-order valence-corrected chi connectivity index (χ2v) is 10.1. The van der Waals surface area contributed by atoms with E-state index < -0.39 is 34.3 Å². The fourth-order valence-corrected chi connectivity index (χ4v) is 4.94. The Balaban J connectivity index is 1.83. The van der Waals surface area contributed by atoms with E-state index in [9.17, 15) is 17.6 Å². The molecule has 0 heterocycles. The van der Waals surface area contributed by atoms with Gasteiger partial charge in [0, 0.05) is 11.6 Å². The van der Waals surface area contributed by atoms with Crippen molar-refractivity contribution in [1.82, 2.24) is 9.62 Å². The van der Waals surface area contributed by atoms with Crippen LogP contribution in [-0.4, -0.2) is 39.4 Å². The van der Waals surface area contributed by atoms with Crippen molar-refractivity contribution in [3.8, 4) is 11.5 Å². The number of hydrogen-bond donors (Lipinski definition) is 1. The third-order valence-corrected chi connectivity index (χ3v) is 7.39. The van der Waals surface area contributed by atoms with E-state index in [2.05, 4.69) is 5.32 Å². The Bertz CT molecular complexity index is 1270. The Morgan fingerprint density at radius 2 is 1.63 bits per heavy atom. The van der Waals surface area contributed by atoms with Crippen LogP contribution in [0.4, 0.5) is 4.39 Å². The predicted octanol–water partition coefficient (Wildman–Crippen LogP) is 4.56. The lowest BCUT2D eigenvalue weighted by Gasteiger charge is -2.23. The highest BCUT2D eigenvalue weighted by molar-refractivity contribution is 7.89. The smallest absolute Gasteiger partial charge is 0.243 e. The standard InChI is InChI=1S/C25H26ClFN2O5S/c1-17(19-6-13-23(33-2)24(14-19)34-3)28-25(30)16-29(15-18-4-9-21(27)10-5-18)35(31,32)22-11-7-20(26)8-12-22/h4-14,17H,15-16H2,1-3H3,(H,28,30). The highest BCUT2D eigenvalue weighted by atomic mass is 35.5. The molecule has 35 heavy (non-hydrogen) atoms. The molecule has 0 spiro atoms. The first-order valence-corrected chi connectivity index (χ1v) is 12.5. The largest absolute Gasteiger partial charge is 0.493 e. The molecule has 3 aromatic carbocycles. The molecule has 0 aliphatic rings. The molecule has 3 aromatic rings. The minimum Gasteiger partial charge on any atom is -0.493 e. The van der Waals surface area contributed by atoms with E-state index in [1.807, 2.05) is 0 Å². The predicted molar refractivity (Wildman–Crippen MR) is 132 cm³/mol. The topological polar surface area (TPSA) is 84.9 Å². The second kappa shape index (κ2) is 11.5. The highest BCUT2D eigenvalue weighted by Gasteiger charge is 2.27. The summed E-state index contributed by atoms with van der Waals surface area (Å²) < 4.78 is 51.7. The van der Waals surface area contributed by atoms with Crippen molar-refractivity contribution < 1.29 is 27.1 Å². The molecule has 0 radical (unpaired) electrons. The summed E-state index contributed by atoms with van der Waals surface area (Å²) in [6.45, 7) is 1.21. The lowest BCUT2D eigenvalue weighted by molar-refractivity contribution is -0.122. The maximum Gasteiger partial charge on any atom is 0.243 e. The van der Waals surface area contributed by atoms with Gasteiger partial charge in [-0.25, -0.2) is 12.8 Å². The maximum absolute atomic E-state index is 13.4. The Labute approximate surface area is 209 Å². The number of rotatable bonds is 10. The maximum atomic E-state index is 13.4. The minimum atomic E-state index is -4.06. The molecular weight excluding hydrogens is 495 g/mol. The first-order valence-electron chi connectivity index (χ1n) is 10.7. The molecule has 0 saturated carbocycles. The van der Waals surface area contributed by atoms with E-state index in [0.717, 1.165) is 9.87 Å². The number of nitrogens with zero attached hydrogens (tertiary/aromatic N) is 1. The molecule has 0 fully saturated rings. The first-order chi connectivity index (χ1) is 16.6. The van der Waals surface area contributed by atoms with Crippen LogP contribution in [-0.2, 0) is 21.4 Å². The van der Waals surface area contributed by atoms with Crippen molar-refractivity contribution in [2.75, 3.05) is 20.8 Å². The zero-order valence-electron chi connectivity index (χ0n) is 19.5. The van der Waals surface area contributed by atoms with Gasteiger partial charge in [-0.2, -0.15) is 4.31 Å². The van der Waals surface area contributed by atoms with Crippen molar-refractivity contribution in [2.24, 2.45) is 0 Å². The number of sulfonamides is 1. The van der Waals surface area contributed by atoms with Gasteiger partial charge in [0.05, 0.1) is 31.7 Å². The lowest BCUT2D eigenvalue weighted by Crippen LogP contribution is -2.41. The molecule has 1 atom stereocenters. The number of amides is 1. The van der Waals surface area contributed by atoms with Crippen molar-refractivity contribution >= 4 is 27.5 Å². The molecule has 0 saturated heterocycles. The Morgan fingerprint density at radius 1 is 1.00 bits per heavy atom. The molecule has 1 amide bonds. The summed E-state index contributed by atoms with van der Waals surface area (Å²) in [5.41, 5.74) is 1.28. The molecule has 1 unspecified atom stereocenters. The summed E-state index contributed by atoms with van der Waals surface area (Å²) >= 11 is 5.90. The molecule has 186 valence electrons. The fourth-order valence-electron chi connectivity index (χ4n) is 3.43. The normalized spacial score (nSPS) is 12.3. The lowest BCUT2D eigenvalue weighted by atomic mass is 10.1. The molecule has 10 heteroatoms. The molecule has 0 aromatic heterocycles. The first kappa shape index (κ1) is 26.5. The summed E-state index contributed by atoms with van der Waals surface area (Å²) in [6, 6.07) is 15.9. The molecular formula is C25H26ClFN2O5S. The summed E-state index contributed by atoms with van der Waals surface area (Å²) in [7, 11) is -1.02. The van der Waals surface area contributed by atoms with Gasteiger partial charge >= 0.3 is 0 Å². The SMILES string of the molecule is COc1ccc(C(C)NC(=O)CN(Cc2ccc(F)cc2)S(=O)(=O)c2ccc(Cl)cc2)cc1OC. The van der Waals surface area contributed by atoms with Crippen molar-refractivity contribution in [1.29, 1.82) is 0 Å². The van der Waals surface area contributed by atoms with Crippen molar-refractivity contribution in [3.05, 3.63) is 88.7 Å². The number of benzene rings is 3. The van der Waals surface area contributed by atoms with Gasteiger partial charge in [-0.05, 0) is 66.6 Å². The van der Waals surface area contributed by atoms with Crippen molar-refractivity contribution in [3.63, 3.8) is 0 Å². The Kier molecular flexibility index (Phi) is 8.71. The van der Waals surface area contributed by atoms with Crippen LogP contribution in [0.1, 0.15) is 24.1 Å². The number of carbonyl (C=O) groups is 1. The summed E-state index contributed by atoms with van der Waals surface area (Å²) in [4.78, 5) is 12.9. The Hall–Kier alpha value is -3.14. The van der Waals surface area contributed by atoms with Crippen LogP contribution in [0.5, 0.6) is 11.5 Å². The monoisotopic (exact) mass is 520 g/mol. The second-order valence-electron chi connectivity index (χ2n) is 7.76. The number of methoxy groups -OCH3 is 2. The van der Waals surface area contributed by atoms with Gasteiger partial charge in [0.15, 0.2) is 11.5 Å². The highest BCUT2D eigenvalue weighted by Crippen LogP contribution is 2.30. The fraction of sp³-hybridized carbons (Fsp3) is 0.240. The molecule has 1 N–H and O–H groups in total. The molecule has 0 aliphatic carbocycles. The van der Waals surface area contributed by atoms with E-state index in [0.29, 0.717) is 22.1 Å². The van der Waals surface area contributed by atoms with E-state index in [-0.39, 0.29) is 11.4 Å². The summed E-state index contributed by atoms with van der Waals surface area (Å²) in [5, 5.41) is 3.21. The number of ether oxygens (including phenoxy) is 2. The van der Waals surface area contributed by atoms with Gasteiger partial charge in [0.1, 0.15) is 5.82 Å². The summed E-state index contributed by atoms with van der Waals surface area (Å²) in [6.07, 6.45) is 0. The average molecular weight is 521 g/mol. The van der Waals surface area contributed by atoms with Gasteiger partial charge in [-0.1, -0.05) is 29.8 Å². The Morgan fingerprint density at radius 3 is 2.23 bits per heavy atom. The van der Waals surface area contributed by atoms with Crippen LogP contribution in [0.2, 0.25) is 5.02 Å². The van der Waals surface area contributed by atoms with Gasteiger partial charge < -0.3 is 14.8 Å². The van der Waals surface area contributed by atoms with E-state index in [1.165, 1.54) is 62.8 Å². The number of hydrogen-bond acceptors (Lipinski definition) is 5. The number of halogens is 2. The van der Waals surface area contributed by atoms with Crippen LogP contribution >= 0.6 is 11.6 Å². The third kappa shape index (κ3) is 6.72. The minimum absolute atomic E-state index is 0.00949. The van der Waals surface area contributed by atoms with E-state index in [4.69, 9.17) is 21.1 Å². The van der Waals surface area contributed by atoms with Crippen LogP contribution in [0.15, 0.2) is 71.6 Å². The zero-order valence-corrected chi connectivity index (χ0v) is 21.1. The van der Waals surface area contributed by atoms with Gasteiger partial charge in [-0.15, -0.1) is 0 Å². The van der Waals surface area contributed by atoms with E-state index >= 15 is 0 Å². The van der Waals surface area contributed by atoms with Gasteiger partial charge in [0.2, 0.25) is 15.9 Å².